The van der Waals surface area contributed by atoms with E-state index in [2.05, 4.69) is 29.6 Å². The molecule has 2 heteroatoms. The summed E-state index contributed by atoms with van der Waals surface area (Å²) in [5.74, 6) is 0. The molecule has 0 fully saturated rings. The van der Waals surface area contributed by atoms with Gasteiger partial charge >= 0.3 is 0 Å². The van der Waals surface area contributed by atoms with E-state index in [4.69, 9.17) is 0 Å². The third kappa shape index (κ3) is 3.09. The highest BCUT2D eigenvalue weighted by Gasteiger charge is 2.18. The second-order valence-corrected chi connectivity index (χ2v) is 5.54. The molecular weight excluding hydrogens is 246 g/mol. The van der Waals surface area contributed by atoms with Crippen molar-refractivity contribution in [1.29, 1.82) is 0 Å². The lowest BCUT2D eigenvalue weighted by molar-refractivity contribution is 0.168. The van der Waals surface area contributed by atoms with Gasteiger partial charge in [-0.3, -0.25) is 0 Å². The molecule has 2 N–H and O–H groups in total. The third-order valence-electron chi connectivity index (χ3n) is 4.13. The van der Waals surface area contributed by atoms with Crippen LogP contribution in [-0.4, -0.2) is 17.7 Å². The minimum Gasteiger partial charge on any atom is -0.387 e. The average molecular weight is 267 g/mol. The fourth-order valence-corrected chi connectivity index (χ4v) is 2.94. The molecule has 0 bridgehead atoms. The number of fused-ring (bicyclic) bond motifs is 1. The van der Waals surface area contributed by atoms with Gasteiger partial charge in [-0.2, -0.15) is 0 Å². The first-order chi connectivity index (χ1) is 9.83. The van der Waals surface area contributed by atoms with E-state index in [0.717, 1.165) is 24.8 Å². The highest BCUT2D eigenvalue weighted by molar-refractivity contribution is 5.30. The van der Waals surface area contributed by atoms with Gasteiger partial charge in [0.25, 0.3) is 0 Å². The van der Waals surface area contributed by atoms with Crippen LogP contribution in [0.4, 0.5) is 0 Å². The van der Waals surface area contributed by atoms with E-state index >= 15 is 0 Å². The summed E-state index contributed by atoms with van der Waals surface area (Å²) in [6.45, 7) is 0.622. The summed E-state index contributed by atoms with van der Waals surface area (Å²) >= 11 is 0. The van der Waals surface area contributed by atoms with Crippen LogP contribution in [0.2, 0.25) is 0 Å². The standard InChI is InChI=1S/C18H21NO/c20-18(15-7-2-1-3-8-15)13-19-17-11-10-14-6-4-5-9-16(14)12-17/h1-9,17-20H,10-13H2. The van der Waals surface area contributed by atoms with E-state index in [1.54, 1.807) is 0 Å². The molecule has 1 aliphatic rings. The zero-order valence-electron chi connectivity index (χ0n) is 11.6. The van der Waals surface area contributed by atoms with Crippen molar-refractivity contribution in [3.63, 3.8) is 0 Å². The normalized spacial score (nSPS) is 19.4. The number of nitrogens with one attached hydrogen (secondary N) is 1. The van der Waals surface area contributed by atoms with E-state index in [-0.39, 0.29) is 0 Å². The van der Waals surface area contributed by atoms with E-state index in [1.807, 2.05) is 30.3 Å². The Morgan fingerprint density at radius 1 is 1.00 bits per heavy atom. The highest BCUT2D eigenvalue weighted by atomic mass is 16.3. The van der Waals surface area contributed by atoms with Crippen LogP contribution in [0.15, 0.2) is 54.6 Å². The van der Waals surface area contributed by atoms with Crippen molar-refractivity contribution in [2.45, 2.75) is 31.4 Å². The monoisotopic (exact) mass is 267 g/mol. The summed E-state index contributed by atoms with van der Waals surface area (Å²) in [6.07, 6.45) is 2.93. The summed E-state index contributed by atoms with van der Waals surface area (Å²) in [4.78, 5) is 0. The van der Waals surface area contributed by atoms with Gasteiger partial charge in [-0.1, -0.05) is 54.6 Å². The van der Waals surface area contributed by atoms with Crippen LogP contribution >= 0.6 is 0 Å². The molecule has 2 nitrogen and oxygen atoms in total. The Kier molecular flexibility index (Phi) is 4.14. The van der Waals surface area contributed by atoms with Crippen molar-refractivity contribution >= 4 is 0 Å². The van der Waals surface area contributed by atoms with Gasteiger partial charge in [-0.05, 0) is 36.0 Å². The van der Waals surface area contributed by atoms with E-state index in [9.17, 15) is 5.11 Å². The molecule has 0 spiro atoms. The first kappa shape index (κ1) is 13.3. The second kappa shape index (κ2) is 6.21. The Bertz CT molecular complexity index is 552. The molecule has 0 saturated carbocycles. The number of rotatable bonds is 4. The first-order valence-corrected chi connectivity index (χ1v) is 7.36. The molecule has 0 aromatic heterocycles. The lowest BCUT2D eigenvalue weighted by Crippen LogP contribution is -2.37. The fraction of sp³-hybridized carbons (Fsp3) is 0.333. The summed E-state index contributed by atoms with van der Waals surface area (Å²) in [6, 6.07) is 19.0. The van der Waals surface area contributed by atoms with Gasteiger partial charge in [-0.15, -0.1) is 0 Å². The van der Waals surface area contributed by atoms with Gasteiger partial charge in [0.05, 0.1) is 6.10 Å². The number of hydrogen-bond acceptors (Lipinski definition) is 2. The first-order valence-electron chi connectivity index (χ1n) is 7.36. The average Bonchev–Trinajstić information content (AvgIpc) is 2.53. The number of benzene rings is 2. The molecule has 0 heterocycles. The highest BCUT2D eigenvalue weighted by Crippen LogP contribution is 2.21. The third-order valence-corrected chi connectivity index (χ3v) is 4.13. The van der Waals surface area contributed by atoms with Crippen LogP contribution in [0.3, 0.4) is 0 Å². The zero-order valence-corrected chi connectivity index (χ0v) is 11.6. The van der Waals surface area contributed by atoms with Crippen LogP contribution < -0.4 is 5.32 Å². The quantitative estimate of drug-likeness (QED) is 0.893. The van der Waals surface area contributed by atoms with Gasteiger partial charge in [0.15, 0.2) is 0 Å². The Morgan fingerprint density at radius 2 is 1.70 bits per heavy atom. The molecule has 0 amide bonds. The zero-order chi connectivity index (χ0) is 13.8. The molecule has 2 atom stereocenters. The lowest BCUT2D eigenvalue weighted by atomic mass is 9.88. The SMILES string of the molecule is OC(CNC1CCc2ccccc2C1)c1ccccc1. The largest absolute Gasteiger partial charge is 0.387 e. The molecule has 2 aromatic rings. The molecule has 3 rings (SSSR count). The van der Waals surface area contributed by atoms with Crippen LogP contribution in [0, 0.1) is 0 Å². The maximum absolute atomic E-state index is 10.2. The van der Waals surface area contributed by atoms with Crippen LogP contribution in [0.1, 0.15) is 29.2 Å². The topological polar surface area (TPSA) is 32.3 Å². The van der Waals surface area contributed by atoms with Gasteiger partial charge in [0.2, 0.25) is 0 Å². The van der Waals surface area contributed by atoms with Crippen molar-refractivity contribution in [2.75, 3.05) is 6.54 Å². The lowest BCUT2D eigenvalue weighted by Gasteiger charge is -2.26. The maximum Gasteiger partial charge on any atom is 0.0914 e. The summed E-state index contributed by atoms with van der Waals surface area (Å²) in [7, 11) is 0. The van der Waals surface area contributed by atoms with E-state index in [0.29, 0.717) is 12.6 Å². The van der Waals surface area contributed by atoms with Crippen LogP contribution in [0.5, 0.6) is 0 Å². The predicted molar refractivity (Wildman–Crippen MR) is 81.7 cm³/mol. The number of aliphatic hydroxyl groups excluding tert-OH is 1. The molecule has 2 unspecified atom stereocenters. The predicted octanol–water partition coefficient (Wildman–Crippen LogP) is 2.87. The molecule has 0 radical (unpaired) electrons. The fourth-order valence-electron chi connectivity index (χ4n) is 2.94. The molecule has 0 saturated heterocycles. The molecule has 2 aromatic carbocycles. The van der Waals surface area contributed by atoms with Gasteiger partial charge in [0, 0.05) is 12.6 Å². The molecule has 20 heavy (non-hydrogen) atoms. The minimum absolute atomic E-state index is 0.423. The summed E-state index contributed by atoms with van der Waals surface area (Å²) in [5.41, 5.74) is 3.91. The molecular formula is C18H21NO. The Morgan fingerprint density at radius 3 is 2.50 bits per heavy atom. The van der Waals surface area contributed by atoms with Crippen molar-refractivity contribution in [3.05, 3.63) is 71.3 Å². The Balaban J connectivity index is 1.55. The van der Waals surface area contributed by atoms with Crippen molar-refractivity contribution in [3.8, 4) is 0 Å². The molecule has 104 valence electrons. The minimum atomic E-state index is -0.423. The second-order valence-electron chi connectivity index (χ2n) is 5.54. The van der Waals surface area contributed by atoms with E-state index in [1.165, 1.54) is 11.1 Å². The van der Waals surface area contributed by atoms with Crippen molar-refractivity contribution in [1.82, 2.24) is 5.32 Å². The van der Waals surface area contributed by atoms with Crippen molar-refractivity contribution in [2.24, 2.45) is 0 Å². The van der Waals surface area contributed by atoms with Crippen LogP contribution in [-0.2, 0) is 12.8 Å². The number of hydrogen-bond donors (Lipinski definition) is 2. The number of aryl methyl sites for hydroxylation is 1. The number of aliphatic hydroxyl groups is 1. The van der Waals surface area contributed by atoms with Gasteiger partial charge in [0.1, 0.15) is 0 Å². The summed E-state index contributed by atoms with van der Waals surface area (Å²) in [5, 5.41) is 13.7. The molecule has 1 aliphatic carbocycles. The van der Waals surface area contributed by atoms with Crippen molar-refractivity contribution < 1.29 is 5.11 Å². The Hall–Kier alpha value is -1.64. The van der Waals surface area contributed by atoms with E-state index < -0.39 is 6.10 Å². The Labute approximate surface area is 120 Å². The summed E-state index contributed by atoms with van der Waals surface area (Å²) < 4.78 is 0. The maximum atomic E-state index is 10.2. The van der Waals surface area contributed by atoms with Gasteiger partial charge in [-0.25, -0.2) is 0 Å². The van der Waals surface area contributed by atoms with Gasteiger partial charge < -0.3 is 10.4 Å². The smallest absolute Gasteiger partial charge is 0.0914 e. The van der Waals surface area contributed by atoms with Crippen LogP contribution in [0.25, 0.3) is 0 Å². The molecule has 0 aliphatic heterocycles.